The first-order chi connectivity index (χ1) is 18.2. The monoisotopic (exact) mass is 557 g/mol. The third-order valence-electron chi connectivity index (χ3n) is 8.16. The largest absolute Gasteiger partial charge is 0.394 e. The summed E-state index contributed by atoms with van der Waals surface area (Å²) in [4.78, 5) is 48.0. The number of aliphatic hydroxyl groups is 1. The Bertz CT molecular complexity index is 1170. The van der Waals surface area contributed by atoms with Gasteiger partial charge in [0.1, 0.15) is 6.04 Å². The Labute approximate surface area is 233 Å². The second-order valence-corrected chi connectivity index (χ2v) is 13.0. The van der Waals surface area contributed by atoms with E-state index in [1.54, 1.807) is 27.6 Å². The van der Waals surface area contributed by atoms with Crippen LogP contribution in [0.1, 0.15) is 33.6 Å². The number of hydrogen-bond donors (Lipinski definition) is 1. The van der Waals surface area contributed by atoms with E-state index < -0.39 is 28.7 Å². The zero-order chi connectivity index (χ0) is 27.2. The molecule has 1 unspecified atom stereocenters. The molecule has 38 heavy (non-hydrogen) atoms. The number of benzene rings is 1. The van der Waals surface area contributed by atoms with E-state index in [-0.39, 0.29) is 35.5 Å². The fraction of sp³-hybridized carbons (Fsp3) is 0.552. The summed E-state index contributed by atoms with van der Waals surface area (Å²) in [6, 6.07) is 5.83. The summed E-state index contributed by atoms with van der Waals surface area (Å²) in [7, 11) is 0. The number of para-hydroxylation sites is 1. The molecule has 5 rings (SSSR count). The first-order valence-corrected chi connectivity index (χ1v) is 14.8. The van der Waals surface area contributed by atoms with Crippen molar-refractivity contribution in [1.82, 2.24) is 9.80 Å². The molecular weight excluding hydrogens is 522 g/mol. The smallest absolute Gasteiger partial charge is 0.251 e. The zero-order valence-corrected chi connectivity index (χ0v) is 23.7. The average molecular weight is 558 g/mol. The lowest BCUT2D eigenvalue weighted by Gasteiger charge is -2.39. The normalized spacial score (nSPS) is 31.4. The van der Waals surface area contributed by atoms with Crippen LogP contribution in [0.5, 0.6) is 0 Å². The number of likely N-dealkylation sites (tertiary alicyclic amines) is 1. The molecule has 1 aromatic carbocycles. The molecule has 0 bridgehead atoms. The van der Waals surface area contributed by atoms with Gasteiger partial charge in [0, 0.05) is 24.9 Å². The number of aliphatic hydroxyl groups excluding tert-OH is 1. The van der Waals surface area contributed by atoms with Gasteiger partial charge >= 0.3 is 0 Å². The number of thioether (sulfide) groups is 1. The number of carbonyl (C=O) groups is 3. The van der Waals surface area contributed by atoms with Gasteiger partial charge in [0.25, 0.3) is 5.91 Å². The maximum Gasteiger partial charge on any atom is 0.251 e. The summed E-state index contributed by atoms with van der Waals surface area (Å²) in [5.41, 5.74) is 0.587. The molecular formula is C29H36ClN3O4S. The highest BCUT2D eigenvalue weighted by molar-refractivity contribution is 8.02. The Kier molecular flexibility index (Phi) is 7.68. The molecule has 4 aliphatic heterocycles. The van der Waals surface area contributed by atoms with Crippen molar-refractivity contribution < 1.29 is 19.5 Å². The number of halogens is 1. The van der Waals surface area contributed by atoms with E-state index in [0.717, 1.165) is 6.42 Å². The van der Waals surface area contributed by atoms with E-state index >= 15 is 0 Å². The molecule has 1 N–H and O–H groups in total. The molecule has 4 heterocycles. The number of anilines is 1. The molecule has 3 amide bonds. The van der Waals surface area contributed by atoms with Crippen molar-refractivity contribution in [3.05, 3.63) is 53.6 Å². The van der Waals surface area contributed by atoms with Gasteiger partial charge in [-0.25, -0.2) is 0 Å². The Hall–Kier alpha value is -2.29. The SMILES string of the molecule is CCCN1CC=C[C@H]2S[C@]34C=CCN(c5ccccc5Cl)C(=O)C3N([C@@H](CO)CC(C)C)C(=O)[C@@H]4[C@H]2C1=O. The molecule has 0 saturated carbocycles. The van der Waals surface area contributed by atoms with E-state index in [2.05, 4.69) is 6.08 Å². The molecule has 0 aromatic heterocycles. The highest BCUT2D eigenvalue weighted by Gasteiger charge is 2.71. The number of amides is 3. The van der Waals surface area contributed by atoms with Gasteiger partial charge in [0.05, 0.1) is 39.9 Å². The van der Waals surface area contributed by atoms with Crippen LogP contribution in [-0.2, 0) is 14.4 Å². The summed E-state index contributed by atoms with van der Waals surface area (Å²) in [5, 5.41) is 10.7. The Morgan fingerprint density at radius 1 is 1.11 bits per heavy atom. The van der Waals surface area contributed by atoms with Crippen molar-refractivity contribution in [2.45, 2.75) is 55.7 Å². The third kappa shape index (κ3) is 4.29. The molecule has 1 spiro atoms. The maximum absolute atomic E-state index is 14.5. The number of nitrogens with zero attached hydrogens (tertiary/aromatic N) is 3. The topological polar surface area (TPSA) is 81.2 Å². The average Bonchev–Trinajstić information content (AvgIpc) is 3.21. The molecule has 2 saturated heterocycles. The van der Waals surface area contributed by atoms with E-state index in [0.29, 0.717) is 36.8 Å². The molecule has 1 aromatic rings. The van der Waals surface area contributed by atoms with Crippen molar-refractivity contribution in [2.24, 2.45) is 17.8 Å². The van der Waals surface area contributed by atoms with E-state index in [4.69, 9.17) is 11.6 Å². The first kappa shape index (κ1) is 27.3. The summed E-state index contributed by atoms with van der Waals surface area (Å²) in [5.74, 6) is -1.52. The lowest BCUT2D eigenvalue weighted by molar-refractivity contribution is -0.144. The second-order valence-electron chi connectivity index (χ2n) is 11.1. The Morgan fingerprint density at radius 2 is 1.87 bits per heavy atom. The van der Waals surface area contributed by atoms with Crippen LogP contribution in [0.2, 0.25) is 5.02 Å². The van der Waals surface area contributed by atoms with Gasteiger partial charge in [-0.05, 0) is 30.9 Å². The van der Waals surface area contributed by atoms with Crippen molar-refractivity contribution in [2.75, 3.05) is 31.1 Å². The fourth-order valence-corrected chi connectivity index (χ4v) is 8.93. The van der Waals surface area contributed by atoms with Crippen LogP contribution < -0.4 is 4.90 Å². The van der Waals surface area contributed by atoms with Gasteiger partial charge in [-0.1, -0.05) is 68.8 Å². The molecule has 0 radical (unpaired) electrons. The van der Waals surface area contributed by atoms with Crippen LogP contribution in [0.4, 0.5) is 5.69 Å². The molecule has 6 atom stereocenters. The predicted molar refractivity (Wildman–Crippen MR) is 151 cm³/mol. The second kappa shape index (κ2) is 10.7. The minimum absolute atomic E-state index is 0.0253. The summed E-state index contributed by atoms with van der Waals surface area (Å²) in [6.07, 6.45) is 9.40. The lowest BCUT2D eigenvalue weighted by atomic mass is 9.78. The fourth-order valence-electron chi connectivity index (χ4n) is 6.70. The molecule has 0 aliphatic carbocycles. The van der Waals surface area contributed by atoms with Crippen molar-refractivity contribution in [3.8, 4) is 0 Å². The highest BCUT2D eigenvalue weighted by atomic mass is 35.5. The maximum atomic E-state index is 14.5. The summed E-state index contributed by atoms with van der Waals surface area (Å²) < 4.78 is -0.918. The predicted octanol–water partition coefficient (Wildman–Crippen LogP) is 3.76. The lowest BCUT2D eigenvalue weighted by Crippen LogP contribution is -2.57. The Balaban J connectivity index is 1.65. The molecule has 7 nitrogen and oxygen atoms in total. The minimum atomic E-state index is -0.918. The van der Waals surface area contributed by atoms with Crippen LogP contribution in [0.15, 0.2) is 48.6 Å². The first-order valence-electron chi connectivity index (χ1n) is 13.5. The molecule has 9 heteroatoms. The van der Waals surface area contributed by atoms with Gasteiger partial charge < -0.3 is 19.8 Å². The number of fused-ring (bicyclic) bond motifs is 2. The van der Waals surface area contributed by atoms with Crippen LogP contribution in [0.25, 0.3) is 0 Å². The van der Waals surface area contributed by atoms with Crippen molar-refractivity contribution in [1.29, 1.82) is 0 Å². The highest BCUT2D eigenvalue weighted by Crippen LogP contribution is 2.61. The van der Waals surface area contributed by atoms with Gasteiger partial charge in [-0.15, -0.1) is 11.8 Å². The minimum Gasteiger partial charge on any atom is -0.394 e. The van der Waals surface area contributed by atoms with Crippen LogP contribution in [0, 0.1) is 17.8 Å². The van der Waals surface area contributed by atoms with Crippen LogP contribution >= 0.6 is 23.4 Å². The molecule has 204 valence electrons. The van der Waals surface area contributed by atoms with E-state index in [1.807, 2.05) is 62.1 Å². The number of carbonyl (C=O) groups excluding carboxylic acids is 3. The standard InChI is InChI=1S/C29H36ClN3O4S/c1-4-13-31-14-7-11-22-23(26(31)35)24-27(36)33(19(17-34)16-18(2)3)25-28(37)32(15-8-12-29(24,25)38-22)21-10-6-5-9-20(21)30/h5-12,18-19,22-25,34H,4,13-17H2,1-3H3/t19-,22-,23+,24+,25?,29+/m1/s1. The quantitative estimate of drug-likeness (QED) is 0.516. The zero-order valence-electron chi connectivity index (χ0n) is 22.1. The molecule has 2 fully saturated rings. The summed E-state index contributed by atoms with van der Waals surface area (Å²) >= 11 is 8.09. The van der Waals surface area contributed by atoms with Gasteiger partial charge in [-0.3, -0.25) is 14.4 Å². The number of hydrogen-bond acceptors (Lipinski definition) is 5. The summed E-state index contributed by atoms with van der Waals surface area (Å²) in [6.45, 7) is 7.33. The van der Waals surface area contributed by atoms with Crippen molar-refractivity contribution in [3.63, 3.8) is 0 Å². The van der Waals surface area contributed by atoms with E-state index in [9.17, 15) is 19.5 Å². The van der Waals surface area contributed by atoms with Gasteiger partial charge in [-0.2, -0.15) is 0 Å². The third-order valence-corrected chi connectivity index (χ3v) is 10.2. The molecule has 4 aliphatic rings. The van der Waals surface area contributed by atoms with Crippen LogP contribution in [-0.4, -0.2) is 80.9 Å². The number of rotatable bonds is 7. The van der Waals surface area contributed by atoms with Gasteiger partial charge in [0.15, 0.2) is 0 Å². The van der Waals surface area contributed by atoms with Gasteiger partial charge in [0.2, 0.25) is 11.8 Å². The Morgan fingerprint density at radius 3 is 2.55 bits per heavy atom. The van der Waals surface area contributed by atoms with E-state index in [1.165, 1.54) is 0 Å². The van der Waals surface area contributed by atoms with Crippen molar-refractivity contribution >= 4 is 46.8 Å². The van der Waals surface area contributed by atoms with Crippen LogP contribution in [0.3, 0.4) is 0 Å².